The SMILES string of the molecule is CC(C)c1ccccc1OCC(=O)N/N=C/c1ccc([N+](=O)[O-])o1. The molecule has 0 radical (unpaired) electrons. The van der Waals surface area contributed by atoms with Gasteiger partial charge in [-0.2, -0.15) is 5.10 Å². The second kappa shape index (κ2) is 7.91. The lowest BCUT2D eigenvalue weighted by Crippen LogP contribution is -2.24. The van der Waals surface area contributed by atoms with Gasteiger partial charge in [0.15, 0.2) is 12.4 Å². The van der Waals surface area contributed by atoms with Gasteiger partial charge in [-0.1, -0.05) is 32.0 Å². The van der Waals surface area contributed by atoms with Crippen molar-refractivity contribution in [2.24, 2.45) is 5.10 Å². The second-order valence-electron chi connectivity index (χ2n) is 5.21. The van der Waals surface area contributed by atoms with Crippen LogP contribution in [0.3, 0.4) is 0 Å². The molecule has 0 spiro atoms. The fraction of sp³-hybridized carbons (Fsp3) is 0.250. The minimum atomic E-state index is -0.657. The van der Waals surface area contributed by atoms with E-state index in [1.807, 2.05) is 32.0 Å². The Bertz CT molecular complexity index is 752. The zero-order chi connectivity index (χ0) is 17.5. The molecule has 0 saturated heterocycles. The Morgan fingerprint density at radius 2 is 2.12 bits per heavy atom. The first-order valence-electron chi connectivity index (χ1n) is 7.25. The van der Waals surface area contributed by atoms with Gasteiger partial charge in [-0.05, 0) is 23.6 Å². The van der Waals surface area contributed by atoms with E-state index in [1.165, 1.54) is 18.3 Å². The van der Waals surface area contributed by atoms with E-state index in [-0.39, 0.29) is 18.3 Å². The summed E-state index contributed by atoms with van der Waals surface area (Å²) in [7, 11) is 0. The van der Waals surface area contributed by atoms with Crippen LogP contribution in [0, 0.1) is 10.1 Å². The Morgan fingerprint density at radius 1 is 1.38 bits per heavy atom. The van der Waals surface area contributed by atoms with Crippen LogP contribution in [0.5, 0.6) is 5.75 Å². The number of carbonyl (C=O) groups is 1. The van der Waals surface area contributed by atoms with Crippen LogP contribution in [0.1, 0.15) is 31.1 Å². The normalized spacial score (nSPS) is 11.0. The van der Waals surface area contributed by atoms with Crippen LogP contribution >= 0.6 is 0 Å². The summed E-state index contributed by atoms with van der Waals surface area (Å²) >= 11 is 0. The van der Waals surface area contributed by atoms with Crippen LogP contribution in [-0.2, 0) is 4.79 Å². The van der Waals surface area contributed by atoms with Crippen molar-refractivity contribution in [2.75, 3.05) is 6.61 Å². The summed E-state index contributed by atoms with van der Waals surface area (Å²) < 4.78 is 10.4. The Balaban J connectivity index is 1.85. The summed E-state index contributed by atoms with van der Waals surface area (Å²) in [5.74, 6) is 0.237. The van der Waals surface area contributed by atoms with Crippen molar-refractivity contribution in [1.29, 1.82) is 0 Å². The molecule has 2 aromatic rings. The maximum Gasteiger partial charge on any atom is 0.433 e. The fourth-order valence-electron chi connectivity index (χ4n) is 1.94. The number of rotatable bonds is 7. The first-order chi connectivity index (χ1) is 11.5. The summed E-state index contributed by atoms with van der Waals surface area (Å²) in [5, 5.41) is 14.1. The molecule has 0 aliphatic rings. The molecule has 8 heteroatoms. The van der Waals surface area contributed by atoms with Crippen molar-refractivity contribution in [3.05, 3.63) is 57.8 Å². The maximum absolute atomic E-state index is 11.7. The highest BCUT2D eigenvalue weighted by Crippen LogP contribution is 2.25. The molecule has 1 amide bonds. The van der Waals surface area contributed by atoms with Gasteiger partial charge in [-0.3, -0.25) is 14.9 Å². The number of nitro groups is 1. The number of furan rings is 1. The van der Waals surface area contributed by atoms with Crippen LogP contribution in [0.4, 0.5) is 5.88 Å². The number of nitrogens with zero attached hydrogens (tertiary/aromatic N) is 2. The standard InChI is InChI=1S/C16H17N3O5/c1-11(2)13-5-3-4-6-14(13)23-10-15(20)18-17-9-12-7-8-16(24-12)19(21)22/h3-9,11H,10H2,1-2H3,(H,18,20)/b17-9+. The zero-order valence-corrected chi connectivity index (χ0v) is 13.3. The summed E-state index contributed by atoms with van der Waals surface area (Å²) in [6, 6.07) is 10.1. The van der Waals surface area contributed by atoms with Crippen molar-refractivity contribution in [3.63, 3.8) is 0 Å². The largest absolute Gasteiger partial charge is 0.483 e. The third-order valence-electron chi connectivity index (χ3n) is 3.07. The number of para-hydroxylation sites is 1. The van der Waals surface area contributed by atoms with Gasteiger partial charge in [0.05, 0.1) is 12.3 Å². The van der Waals surface area contributed by atoms with Crippen molar-refractivity contribution in [2.45, 2.75) is 19.8 Å². The number of hydrogen-bond acceptors (Lipinski definition) is 6. The molecular weight excluding hydrogens is 314 g/mol. The summed E-state index contributed by atoms with van der Waals surface area (Å²) in [4.78, 5) is 21.5. The molecule has 1 heterocycles. The van der Waals surface area contributed by atoms with Gasteiger partial charge in [0, 0.05) is 0 Å². The number of hydrazone groups is 1. The summed E-state index contributed by atoms with van der Waals surface area (Å²) in [6.45, 7) is 3.88. The lowest BCUT2D eigenvalue weighted by atomic mass is 10.0. The lowest BCUT2D eigenvalue weighted by molar-refractivity contribution is -0.402. The third-order valence-corrected chi connectivity index (χ3v) is 3.07. The molecule has 0 saturated carbocycles. The highest BCUT2D eigenvalue weighted by atomic mass is 16.6. The molecule has 2 rings (SSSR count). The highest BCUT2D eigenvalue weighted by molar-refractivity contribution is 5.81. The van der Waals surface area contributed by atoms with Gasteiger partial charge >= 0.3 is 5.88 Å². The second-order valence-corrected chi connectivity index (χ2v) is 5.21. The van der Waals surface area contributed by atoms with E-state index in [4.69, 9.17) is 9.15 Å². The van der Waals surface area contributed by atoms with E-state index < -0.39 is 16.7 Å². The molecule has 0 aliphatic heterocycles. The molecule has 1 N–H and O–H groups in total. The van der Waals surface area contributed by atoms with Gasteiger partial charge in [0.2, 0.25) is 0 Å². The molecule has 0 bridgehead atoms. The smallest absolute Gasteiger partial charge is 0.433 e. The predicted molar refractivity (Wildman–Crippen MR) is 87.1 cm³/mol. The Hall–Kier alpha value is -3.16. The van der Waals surface area contributed by atoms with Crippen molar-refractivity contribution in [1.82, 2.24) is 5.43 Å². The molecule has 0 unspecified atom stereocenters. The predicted octanol–water partition coefficient (Wildman–Crippen LogP) is 2.84. The topological polar surface area (TPSA) is 107 Å². The van der Waals surface area contributed by atoms with Crippen molar-refractivity contribution >= 4 is 18.0 Å². The molecule has 0 aliphatic carbocycles. The average molecular weight is 331 g/mol. The minimum absolute atomic E-state index is 0.160. The molecule has 1 aromatic carbocycles. The van der Waals surface area contributed by atoms with E-state index in [0.29, 0.717) is 5.75 Å². The van der Waals surface area contributed by atoms with E-state index in [0.717, 1.165) is 5.56 Å². The van der Waals surface area contributed by atoms with Gasteiger partial charge in [-0.25, -0.2) is 5.43 Å². The van der Waals surface area contributed by atoms with Gasteiger partial charge in [0.1, 0.15) is 10.7 Å². The highest BCUT2D eigenvalue weighted by Gasteiger charge is 2.11. The van der Waals surface area contributed by atoms with Crippen LogP contribution < -0.4 is 10.2 Å². The third kappa shape index (κ3) is 4.67. The Kier molecular flexibility index (Phi) is 5.67. The molecule has 1 aromatic heterocycles. The summed E-state index contributed by atoms with van der Waals surface area (Å²) in [5.41, 5.74) is 3.28. The lowest BCUT2D eigenvalue weighted by Gasteiger charge is -2.12. The van der Waals surface area contributed by atoms with Crippen molar-refractivity contribution < 1.29 is 18.9 Å². The van der Waals surface area contributed by atoms with Gasteiger partial charge in [0.25, 0.3) is 5.91 Å². The average Bonchev–Trinajstić information content (AvgIpc) is 3.02. The number of hydrogen-bond donors (Lipinski definition) is 1. The van der Waals surface area contributed by atoms with E-state index >= 15 is 0 Å². The molecule has 8 nitrogen and oxygen atoms in total. The van der Waals surface area contributed by atoms with E-state index in [2.05, 4.69) is 10.5 Å². The molecule has 0 fully saturated rings. The van der Waals surface area contributed by atoms with Crippen molar-refractivity contribution in [3.8, 4) is 5.75 Å². The first kappa shape index (κ1) is 17.2. The zero-order valence-electron chi connectivity index (χ0n) is 13.3. The number of ether oxygens (including phenoxy) is 1. The summed E-state index contributed by atoms with van der Waals surface area (Å²) in [6.07, 6.45) is 1.17. The minimum Gasteiger partial charge on any atom is -0.483 e. The Labute approximate surface area is 138 Å². The number of nitrogens with one attached hydrogen (secondary N) is 1. The Morgan fingerprint density at radius 3 is 2.79 bits per heavy atom. The molecule has 126 valence electrons. The molecular formula is C16H17N3O5. The van der Waals surface area contributed by atoms with Gasteiger partial charge in [-0.15, -0.1) is 0 Å². The molecule has 0 atom stereocenters. The first-order valence-corrected chi connectivity index (χ1v) is 7.25. The van der Waals surface area contributed by atoms with E-state index in [1.54, 1.807) is 6.07 Å². The number of carbonyl (C=O) groups excluding carboxylic acids is 1. The quantitative estimate of drug-likeness (QED) is 0.477. The van der Waals surface area contributed by atoms with E-state index in [9.17, 15) is 14.9 Å². The fourth-order valence-corrected chi connectivity index (χ4v) is 1.94. The van der Waals surface area contributed by atoms with Crippen LogP contribution in [0.15, 0.2) is 45.9 Å². The van der Waals surface area contributed by atoms with Crippen LogP contribution in [0.2, 0.25) is 0 Å². The van der Waals surface area contributed by atoms with Crippen LogP contribution in [0.25, 0.3) is 0 Å². The maximum atomic E-state index is 11.7. The number of benzene rings is 1. The van der Waals surface area contributed by atoms with Gasteiger partial charge < -0.3 is 9.15 Å². The monoisotopic (exact) mass is 331 g/mol. The number of amides is 1. The molecule has 24 heavy (non-hydrogen) atoms. The van der Waals surface area contributed by atoms with Crippen LogP contribution in [-0.4, -0.2) is 23.7 Å².